The Morgan fingerprint density at radius 2 is 1.19 bits per heavy atom. The summed E-state index contributed by atoms with van der Waals surface area (Å²) in [6.45, 7) is 2.02. The third kappa shape index (κ3) is 2.97. The molecule has 5 rings (SSSR count). The van der Waals surface area contributed by atoms with Crippen molar-refractivity contribution in [3.05, 3.63) is 102 Å². The van der Waals surface area contributed by atoms with Crippen molar-refractivity contribution in [3.8, 4) is 34.4 Å². The fourth-order valence-corrected chi connectivity index (χ4v) is 4.41. The molecule has 0 radical (unpaired) electrons. The first-order chi connectivity index (χ1) is 15.6. The van der Waals surface area contributed by atoms with Crippen LogP contribution in [0.15, 0.2) is 84.9 Å². The number of nitrogens with two attached hydrogens (primary N) is 1. The van der Waals surface area contributed by atoms with Gasteiger partial charge in [0.25, 0.3) is 0 Å². The van der Waals surface area contributed by atoms with E-state index < -0.39 is 0 Å². The average molecular weight is 409 g/mol. The molecule has 0 aliphatic carbocycles. The van der Waals surface area contributed by atoms with Crippen molar-refractivity contribution < 1.29 is 0 Å². The molecule has 0 unspecified atom stereocenters. The Bertz CT molecular complexity index is 1540. The van der Waals surface area contributed by atoms with Gasteiger partial charge in [0, 0.05) is 11.1 Å². The van der Waals surface area contributed by atoms with Crippen LogP contribution >= 0.6 is 0 Å². The SMILES string of the molecule is Cc1ccc(-c2cc(-c3c4ccccc4cc4ccccc34)c(C#N)c(N)c2C#N)cc1. The molecular formula is C29H19N3. The fourth-order valence-electron chi connectivity index (χ4n) is 4.41. The van der Waals surface area contributed by atoms with Gasteiger partial charge in [0.05, 0.1) is 16.8 Å². The molecule has 150 valence electrons. The predicted molar refractivity (Wildman–Crippen MR) is 131 cm³/mol. The van der Waals surface area contributed by atoms with E-state index >= 15 is 0 Å². The number of rotatable bonds is 2. The van der Waals surface area contributed by atoms with Crippen LogP contribution in [-0.2, 0) is 0 Å². The molecule has 0 spiro atoms. The van der Waals surface area contributed by atoms with Gasteiger partial charge >= 0.3 is 0 Å². The summed E-state index contributed by atoms with van der Waals surface area (Å²) in [5, 5.41) is 24.2. The quantitative estimate of drug-likeness (QED) is 0.253. The molecule has 3 heteroatoms. The highest BCUT2D eigenvalue weighted by Gasteiger charge is 2.21. The molecule has 3 nitrogen and oxygen atoms in total. The van der Waals surface area contributed by atoms with Gasteiger partial charge in [-0.05, 0) is 51.7 Å². The first kappa shape index (κ1) is 19.4. The fraction of sp³-hybridized carbons (Fsp3) is 0.0345. The molecule has 0 atom stereocenters. The zero-order valence-electron chi connectivity index (χ0n) is 17.6. The molecule has 0 saturated carbocycles. The number of nitriles is 2. The summed E-state index contributed by atoms with van der Waals surface area (Å²) in [5.74, 6) is 0. The molecule has 0 aliphatic rings. The smallest absolute Gasteiger partial charge is 0.102 e. The summed E-state index contributed by atoms with van der Waals surface area (Å²) in [4.78, 5) is 0. The lowest BCUT2D eigenvalue weighted by atomic mass is 9.85. The summed E-state index contributed by atoms with van der Waals surface area (Å²) in [6.07, 6.45) is 0. The van der Waals surface area contributed by atoms with Crippen molar-refractivity contribution in [1.29, 1.82) is 10.5 Å². The van der Waals surface area contributed by atoms with Crippen LogP contribution in [0.1, 0.15) is 16.7 Å². The second kappa shape index (κ2) is 7.58. The van der Waals surface area contributed by atoms with Crippen LogP contribution in [0, 0.1) is 29.6 Å². The van der Waals surface area contributed by atoms with Crippen LogP contribution in [0.25, 0.3) is 43.8 Å². The summed E-state index contributed by atoms with van der Waals surface area (Å²) in [6, 6.07) is 32.9. The average Bonchev–Trinajstić information content (AvgIpc) is 2.82. The standard InChI is InChI=1S/C29H19N3/c1-18-10-12-19(13-11-18)24-15-25(27(17-31)29(32)26(24)16-30)28-22-8-4-2-6-20(22)14-21-7-3-5-9-23(21)28/h2-15H,32H2,1H3. The van der Waals surface area contributed by atoms with Crippen LogP contribution in [0.2, 0.25) is 0 Å². The molecule has 2 N–H and O–H groups in total. The molecule has 5 aromatic rings. The Hall–Kier alpha value is -4.60. The molecule has 0 aliphatic heterocycles. The van der Waals surface area contributed by atoms with Crippen molar-refractivity contribution in [2.75, 3.05) is 5.73 Å². The minimum absolute atomic E-state index is 0.222. The molecule has 0 amide bonds. The van der Waals surface area contributed by atoms with Gasteiger partial charge in [0.1, 0.15) is 12.1 Å². The van der Waals surface area contributed by atoms with E-state index in [2.05, 4.69) is 42.5 Å². The second-order valence-electron chi connectivity index (χ2n) is 7.92. The van der Waals surface area contributed by atoms with Gasteiger partial charge in [-0.2, -0.15) is 10.5 Å². The van der Waals surface area contributed by atoms with E-state index in [1.807, 2.05) is 61.5 Å². The van der Waals surface area contributed by atoms with Gasteiger partial charge in [0.15, 0.2) is 0 Å². The first-order valence-corrected chi connectivity index (χ1v) is 10.4. The van der Waals surface area contributed by atoms with Gasteiger partial charge < -0.3 is 5.73 Å². The van der Waals surface area contributed by atoms with Crippen molar-refractivity contribution in [1.82, 2.24) is 0 Å². The largest absolute Gasteiger partial charge is 0.397 e. The minimum atomic E-state index is 0.222. The summed E-state index contributed by atoms with van der Waals surface area (Å²) < 4.78 is 0. The van der Waals surface area contributed by atoms with Crippen LogP contribution in [0.5, 0.6) is 0 Å². The van der Waals surface area contributed by atoms with Gasteiger partial charge in [-0.3, -0.25) is 0 Å². The zero-order valence-corrected chi connectivity index (χ0v) is 17.6. The minimum Gasteiger partial charge on any atom is -0.397 e. The first-order valence-electron chi connectivity index (χ1n) is 10.4. The number of hydrogen-bond acceptors (Lipinski definition) is 3. The van der Waals surface area contributed by atoms with E-state index in [9.17, 15) is 10.5 Å². The third-order valence-electron chi connectivity index (χ3n) is 5.99. The molecular weight excluding hydrogens is 390 g/mol. The normalized spacial score (nSPS) is 10.7. The van der Waals surface area contributed by atoms with Gasteiger partial charge in [-0.15, -0.1) is 0 Å². The number of aryl methyl sites for hydroxylation is 1. The molecule has 32 heavy (non-hydrogen) atoms. The van der Waals surface area contributed by atoms with Gasteiger partial charge in [-0.1, -0.05) is 78.4 Å². The van der Waals surface area contributed by atoms with Gasteiger partial charge in [0.2, 0.25) is 0 Å². The number of benzene rings is 5. The molecule has 0 fully saturated rings. The van der Waals surface area contributed by atoms with Crippen LogP contribution in [-0.4, -0.2) is 0 Å². The van der Waals surface area contributed by atoms with Crippen molar-refractivity contribution in [2.45, 2.75) is 6.92 Å². The highest BCUT2D eigenvalue weighted by Crippen LogP contribution is 2.43. The van der Waals surface area contributed by atoms with Crippen molar-refractivity contribution in [2.24, 2.45) is 0 Å². The molecule has 0 aromatic heterocycles. The topological polar surface area (TPSA) is 73.6 Å². The van der Waals surface area contributed by atoms with Crippen molar-refractivity contribution in [3.63, 3.8) is 0 Å². The highest BCUT2D eigenvalue weighted by molar-refractivity contribution is 6.14. The Morgan fingerprint density at radius 1 is 0.656 bits per heavy atom. The van der Waals surface area contributed by atoms with Crippen LogP contribution in [0.4, 0.5) is 5.69 Å². The Morgan fingerprint density at radius 3 is 1.75 bits per heavy atom. The molecule has 0 bridgehead atoms. The second-order valence-corrected chi connectivity index (χ2v) is 7.92. The maximum absolute atomic E-state index is 10.1. The Labute approximate surface area is 186 Å². The van der Waals surface area contributed by atoms with E-state index in [1.54, 1.807) is 0 Å². The number of nitrogen functional groups attached to an aromatic ring is 1. The van der Waals surface area contributed by atoms with Crippen LogP contribution in [0.3, 0.4) is 0 Å². The van der Waals surface area contributed by atoms with E-state index in [0.29, 0.717) is 11.1 Å². The zero-order chi connectivity index (χ0) is 22.2. The number of hydrogen-bond donors (Lipinski definition) is 1. The van der Waals surface area contributed by atoms with Crippen molar-refractivity contribution >= 4 is 27.2 Å². The molecule has 0 saturated heterocycles. The lowest BCUT2D eigenvalue weighted by Gasteiger charge is -2.17. The Balaban J connectivity index is 1.97. The van der Waals surface area contributed by atoms with Crippen LogP contribution < -0.4 is 5.73 Å². The van der Waals surface area contributed by atoms with E-state index in [-0.39, 0.29) is 5.69 Å². The predicted octanol–water partition coefficient (Wildman–Crippen LogP) is 6.96. The third-order valence-corrected chi connectivity index (χ3v) is 5.99. The lowest BCUT2D eigenvalue weighted by Crippen LogP contribution is -2.01. The Kier molecular flexibility index (Phi) is 4.59. The molecule has 0 heterocycles. The number of anilines is 1. The van der Waals surface area contributed by atoms with Gasteiger partial charge in [-0.25, -0.2) is 0 Å². The monoisotopic (exact) mass is 409 g/mol. The number of fused-ring (bicyclic) bond motifs is 2. The van der Waals surface area contributed by atoms with E-state index in [4.69, 9.17) is 5.73 Å². The lowest BCUT2D eigenvalue weighted by molar-refractivity contribution is 1.43. The summed E-state index contributed by atoms with van der Waals surface area (Å²) in [7, 11) is 0. The maximum atomic E-state index is 10.1. The van der Waals surface area contributed by atoms with E-state index in [1.165, 1.54) is 0 Å². The van der Waals surface area contributed by atoms with E-state index in [0.717, 1.165) is 49.4 Å². The maximum Gasteiger partial charge on any atom is 0.102 e. The summed E-state index contributed by atoms with van der Waals surface area (Å²) >= 11 is 0. The summed E-state index contributed by atoms with van der Waals surface area (Å²) in [5.41, 5.74) is 11.8. The molecule has 5 aromatic carbocycles. The highest BCUT2D eigenvalue weighted by atomic mass is 14.6. The number of nitrogens with zero attached hydrogens (tertiary/aromatic N) is 2.